The third kappa shape index (κ3) is 9.80. The molecular weight excluding hydrogens is 553 g/mol. The van der Waals surface area contributed by atoms with E-state index in [0.717, 1.165) is 13.2 Å². The summed E-state index contributed by atoms with van der Waals surface area (Å²) in [5.41, 5.74) is 0.0390. The molecule has 2 N–H and O–H groups in total. The first-order chi connectivity index (χ1) is 18.5. The van der Waals surface area contributed by atoms with Crippen LogP contribution in [0.3, 0.4) is 0 Å². The lowest BCUT2D eigenvalue weighted by Crippen LogP contribution is -2.36. The number of para-hydroxylation sites is 1. The summed E-state index contributed by atoms with van der Waals surface area (Å²) in [7, 11) is 1.13. The van der Waals surface area contributed by atoms with Gasteiger partial charge in [-0.2, -0.15) is 0 Å². The van der Waals surface area contributed by atoms with Gasteiger partial charge in [-0.25, -0.2) is 9.59 Å². The van der Waals surface area contributed by atoms with Crippen molar-refractivity contribution in [3.63, 3.8) is 0 Å². The SMILES string of the molecule is CCNC(=O)C(C)OC(=O)Nc1ccccc1.COC(=O)c1cc(Oc2ccc(Cl)cc2Cl)ccc1[N+](=O)[O-]. The quantitative estimate of drug-likeness (QED) is 0.181. The molecule has 0 aliphatic heterocycles. The number of ether oxygens (including phenoxy) is 3. The first kappa shape index (κ1) is 30.9. The summed E-state index contributed by atoms with van der Waals surface area (Å²) in [5, 5.41) is 16.7. The van der Waals surface area contributed by atoms with E-state index in [1.54, 1.807) is 43.3 Å². The van der Waals surface area contributed by atoms with Crippen LogP contribution >= 0.6 is 23.2 Å². The van der Waals surface area contributed by atoms with Crippen LogP contribution < -0.4 is 15.4 Å². The van der Waals surface area contributed by atoms with E-state index in [1.165, 1.54) is 25.1 Å². The fourth-order valence-electron chi connectivity index (χ4n) is 2.90. The Morgan fingerprint density at radius 3 is 2.31 bits per heavy atom. The van der Waals surface area contributed by atoms with Crippen molar-refractivity contribution in [1.82, 2.24) is 5.32 Å². The number of halogens is 2. The number of rotatable bonds is 8. The lowest BCUT2D eigenvalue weighted by atomic mass is 10.1. The first-order valence-electron chi connectivity index (χ1n) is 11.4. The standard InChI is InChI=1S/C14H9Cl2NO5.C12H16N2O3/c1-21-14(18)10-7-9(3-4-12(10)17(19)20)22-13-5-2-8(15)6-11(13)16;1-3-13-11(15)9(2)17-12(16)14-10-7-5-4-6-8-10/h2-7H,1H3;4-9H,3H2,1-2H3,(H,13,15)(H,14,16). The number of amides is 2. The van der Waals surface area contributed by atoms with E-state index in [0.29, 0.717) is 23.0 Å². The number of benzene rings is 3. The normalized spacial score (nSPS) is 10.7. The summed E-state index contributed by atoms with van der Waals surface area (Å²) in [5.74, 6) is -0.638. The molecule has 11 nitrogen and oxygen atoms in total. The number of nitro groups is 1. The van der Waals surface area contributed by atoms with Crippen LogP contribution in [0, 0.1) is 10.1 Å². The molecule has 0 heterocycles. The Morgan fingerprint density at radius 2 is 1.72 bits per heavy atom. The number of hydrogen-bond donors (Lipinski definition) is 2. The highest BCUT2D eigenvalue weighted by molar-refractivity contribution is 6.35. The van der Waals surface area contributed by atoms with Crippen LogP contribution in [0.5, 0.6) is 11.5 Å². The van der Waals surface area contributed by atoms with Gasteiger partial charge < -0.3 is 19.5 Å². The Hall–Kier alpha value is -4.35. The largest absolute Gasteiger partial charge is 0.465 e. The topological polar surface area (TPSA) is 146 Å². The Labute approximate surface area is 234 Å². The molecule has 0 radical (unpaired) electrons. The fraction of sp³-hybridized carbons (Fsp3) is 0.192. The molecule has 0 bridgehead atoms. The molecule has 13 heteroatoms. The number of nitrogens with zero attached hydrogens (tertiary/aromatic N) is 1. The molecule has 1 atom stereocenters. The summed E-state index contributed by atoms with van der Waals surface area (Å²) in [4.78, 5) is 44.6. The molecule has 1 unspecified atom stereocenters. The molecule has 206 valence electrons. The Balaban J connectivity index is 0.000000283. The molecule has 0 aliphatic rings. The van der Waals surface area contributed by atoms with Crippen LogP contribution in [0.1, 0.15) is 24.2 Å². The number of esters is 1. The monoisotopic (exact) mass is 577 g/mol. The molecule has 0 aliphatic carbocycles. The van der Waals surface area contributed by atoms with Crippen LogP contribution in [-0.4, -0.2) is 42.7 Å². The smallest absolute Gasteiger partial charge is 0.412 e. The molecule has 39 heavy (non-hydrogen) atoms. The molecule has 3 aromatic rings. The summed E-state index contributed by atoms with van der Waals surface area (Å²) in [6, 6.07) is 17.2. The number of anilines is 1. The Bertz CT molecular complexity index is 1320. The third-order valence-electron chi connectivity index (χ3n) is 4.72. The van der Waals surface area contributed by atoms with E-state index in [9.17, 15) is 24.5 Å². The molecule has 0 aromatic heterocycles. The number of nitro benzene ring substituents is 1. The zero-order valence-electron chi connectivity index (χ0n) is 21.1. The number of likely N-dealkylation sites (N-methyl/N-ethyl adjacent to an activating group) is 1. The zero-order chi connectivity index (χ0) is 28.9. The fourth-order valence-corrected chi connectivity index (χ4v) is 3.34. The molecule has 0 saturated heterocycles. The second kappa shape index (κ2) is 15.2. The van der Waals surface area contributed by atoms with Gasteiger partial charge in [0.2, 0.25) is 0 Å². The first-order valence-corrected chi connectivity index (χ1v) is 12.1. The maximum absolute atomic E-state index is 11.6. The summed E-state index contributed by atoms with van der Waals surface area (Å²) in [6.07, 6.45) is -1.45. The van der Waals surface area contributed by atoms with E-state index >= 15 is 0 Å². The highest BCUT2D eigenvalue weighted by Gasteiger charge is 2.22. The third-order valence-corrected chi connectivity index (χ3v) is 5.25. The molecule has 2 amide bonds. The van der Waals surface area contributed by atoms with Gasteiger partial charge in [0, 0.05) is 29.4 Å². The zero-order valence-corrected chi connectivity index (χ0v) is 22.6. The summed E-state index contributed by atoms with van der Waals surface area (Å²) < 4.78 is 14.9. The predicted octanol–water partition coefficient (Wildman–Crippen LogP) is 6.24. The van der Waals surface area contributed by atoms with Gasteiger partial charge in [-0.15, -0.1) is 0 Å². The van der Waals surface area contributed by atoms with Gasteiger partial charge in [0.1, 0.15) is 17.1 Å². The number of carbonyl (C=O) groups is 3. The lowest BCUT2D eigenvalue weighted by molar-refractivity contribution is -0.385. The van der Waals surface area contributed by atoms with E-state index in [1.807, 2.05) is 6.07 Å². The van der Waals surface area contributed by atoms with Gasteiger partial charge in [-0.3, -0.25) is 20.2 Å². The number of carbonyl (C=O) groups excluding carboxylic acids is 3. The average molecular weight is 578 g/mol. The Kier molecular flexibility index (Phi) is 12.0. The Morgan fingerprint density at radius 1 is 1.03 bits per heavy atom. The lowest BCUT2D eigenvalue weighted by Gasteiger charge is -2.13. The maximum atomic E-state index is 11.6. The van der Waals surface area contributed by atoms with Gasteiger partial charge >= 0.3 is 12.1 Å². The molecule has 3 aromatic carbocycles. The van der Waals surface area contributed by atoms with Crippen molar-refractivity contribution in [2.45, 2.75) is 20.0 Å². The van der Waals surface area contributed by atoms with Gasteiger partial charge in [0.25, 0.3) is 11.6 Å². The van der Waals surface area contributed by atoms with Crippen LogP contribution in [0.25, 0.3) is 0 Å². The average Bonchev–Trinajstić information content (AvgIpc) is 2.90. The van der Waals surface area contributed by atoms with Crippen molar-refractivity contribution < 1.29 is 33.5 Å². The highest BCUT2D eigenvalue weighted by Crippen LogP contribution is 2.33. The summed E-state index contributed by atoms with van der Waals surface area (Å²) >= 11 is 11.8. The molecule has 3 rings (SSSR count). The van der Waals surface area contributed by atoms with Crippen molar-refractivity contribution >= 4 is 52.5 Å². The van der Waals surface area contributed by atoms with Crippen molar-refractivity contribution in [3.8, 4) is 11.5 Å². The van der Waals surface area contributed by atoms with Crippen LogP contribution in [0.4, 0.5) is 16.2 Å². The summed E-state index contributed by atoms with van der Waals surface area (Å²) in [6.45, 7) is 3.83. The maximum Gasteiger partial charge on any atom is 0.412 e. The molecule has 0 fully saturated rings. The van der Waals surface area contributed by atoms with Gasteiger partial charge in [0.15, 0.2) is 6.10 Å². The second-order valence-corrected chi connectivity index (χ2v) is 8.38. The molecular formula is C26H25Cl2N3O8. The number of methoxy groups -OCH3 is 1. The van der Waals surface area contributed by atoms with Crippen molar-refractivity contribution in [2.75, 3.05) is 19.0 Å². The van der Waals surface area contributed by atoms with Gasteiger partial charge in [-0.1, -0.05) is 41.4 Å². The van der Waals surface area contributed by atoms with Crippen molar-refractivity contribution in [3.05, 3.63) is 92.5 Å². The van der Waals surface area contributed by atoms with E-state index in [4.69, 9.17) is 32.7 Å². The minimum Gasteiger partial charge on any atom is -0.465 e. The van der Waals surface area contributed by atoms with Gasteiger partial charge in [0.05, 0.1) is 17.1 Å². The number of nitrogens with one attached hydrogen (secondary N) is 2. The number of hydrogen-bond acceptors (Lipinski definition) is 8. The minimum absolute atomic E-state index is 0.204. The van der Waals surface area contributed by atoms with Crippen LogP contribution in [-0.2, 0) is 14.3 Å². The molecule has 0 saturated carbocycles. The van der Waals surface area contributed by atoms with Crippen LogP contribution in [0.2, 0.25) is 10.0 Å². The van der Waals surface area contributed by atoms with Crippen LogP contribution in [0.15, 0.2) is 66.7 Å². The van der Waals surface area contributed by atoms with Crippen molar-refractivity contribution in [1.29, 1.82) is 0 Å². The molecule has 0 spiro atoms. The second-order valence-electron chi connectivity index (χ2n) is 7.54. The van der Waals surface area contributed by atoms with E-state index in [2.05, 4.69) is 15.4 Å². The highest BCUT2D eigenvalue weighted by atomic mass is 35.5. The van der Waals surface area contributed by atoms with E-state index in [-0.39, 0.29) is 27.9 Å². The predicted molar refractivity (Wildman–Crippen MR) is 146 cm³/mol. The van der Waals surface area contributed by atoms with E-state index < -0.39 is 23.1 Å². The van der Waals surface area contributed by atoms with Crippen molar-refractivity contribution in [2.24, 2.45) is 0 Å². The minimum atomic E-state index is -0.834. The van der Waals surface area contributed by atoms with Gasteiger partial charge in [-0.05, 0) is 50.2 Å².